The quantitative estimate of drug-likeness (QED) is 0.248. The van der Waals surface area contributed by atoms with E-state index in [2.05, 4.69) is 0 Å². The van der Waals surface area contributed by atoms with Crippen LogP contribution in [0.3, 0.4) is 0 Å². The molecule has 0 saturated carbocycles. The molecule has 0 aromatic heterocycles. The van der Waals surface area contributed by atoms with Gasteiger partial charge in [-0.1, -0.05) is 0 Å². The average molecular weight is 1160 g/mol. The fraction of sp³-hybridized carbons (Fsp3) is 0. The van der Waals surface area contributed by atoms with Crippen LogP contribution in [0, 0.1) is 284 Å². The molecule has 0 aliphatic rings. The summed E-state index contributed by atoms with van der Waals surface area (Å²) in [6, 6.07) is 0. The van der Waals surface area contributed by atoms with Gasteiger partial charge in [-0.2, -0.15) is 0 Å². The SMILES string of the molecule is [C-]#N.[C-]#N.[C-]#N.[C-]#N.[C-]#N.[C-]#N.[C-]#N.[C-]#N.[C-]#N.[C-]#N.[C-]#N.[C-]#N.[C-]#N.[C-]#N.[C-]#N.[C-]#N.[C-]#N.[C-]#N.[C-]#N.[C-]#N.[C-]#N.[C-]#N.[C-]#N.[C-]#N.[Co+3].[Co+3].[Co+3].[Co+3].[Ru+4].[Ru+4].[Ru+4]. The predicted molar refractivity (Wildman–Crippen MR) is 119 cm³/mol. The Hall–Kier alpha value is -8.34. The topological polar surface area (TPSA) is 571 Å². The maximum absolute atomic E-state index is 6.25. The predicted octanol–water partition coefficient (Wildman–Crippen LogP) is 2.30. The molecule has 0 saturated heterocycles. The summed E-state index contributed by atoms with van der Waals surface area (Å²) in [5, 5.41) is 150. The Balaban J connectivity index is -0.00000000375. The number of rotatable bonds is 0. The molecule has 0 bridgehead atoms. The van der Waals surface area contributed by atoms with Gasteiger partial charge in [0.15, 0.2) is 0 Å². The largest absolute Gasteiger partial charge is 4.00 e. The molecule has 31 heteroatoms. The third-order valence-corrected chi connectivity index (χ3v) is 0. The zero-order valence-corrected chi connectivity index (χ0v) is 34.5. The van der Waals surface area contributed by atoms with Gasteiger partial charge in [-0.05, 0) is 0 Å². The van der Waals surface area contributed by atoms with E-state index in [1.807, 2.05) is 0 Å². The van der Waals surface area contributed by atoms with E-state index in [0.717, 1.165) is 0 Å². The average Bonchev–Trinajstić information content (AvgIpc) is 3.34. The second-order valence-corrected chi connectivity index (χ2v) is 0. The fourth-order valence-corrected chi connectivity index (χ4v) is 0. The van der Waals surface area contributed by atoms with Crippen LogP contribution >= 0.6 is 0 Å². The summed E-state index contributed by atoms with van der Waals surface area (Å²) in [4.78, 5) is 0. The van der Waals surface area contributed by atoms with E-state index in [-0.39, 0.29) is 126 Å². The summed E-state index contributed by atoms with van der Waals surface area (Å²) < 4.78 is 0. The fourth-order valence-electron chi connectivity index (χ4n) is 0. The van der Waals surface area contributed by atoms with Crippen molar-refractivity contribution < 1.29 is 126 Å². The maximum atomic E-state index is 6.25. The van der Waals surface area contributed by atoms with E-state index in [0.29, 0.717) is 0 Å². The Morgan fingerprint density at radius 1 is 0.0909 bits per heavy atom. The second kappa shape index (κ2) is 1310. The van der Waals surface area contributed by atoms with Crippen molar-refractivity contribution in [2.45, 2.75) is 0 Å². The molecule has 55 heavy (non-hydrogen) atoms. The first kappa shape index (κ1) is 397. The molecule has 0 aliphatic heterocycles. The van der Waals surface area contributed by atoms with Crippen molar-refractivity contribution in [3.8, 4) is 0 Å². The molecule has 0 unspecified atom stereocenters. The first-order valence-corrected chi connectivity index (χ1v) is 5.37. The minimum atomic E-state index is 0. The Bertz CT molecular complexity index is 529. The van der Waals surface area contributed by atoms with Crippen LogP contribution in [0.5, 0.6) is 0 Å². The minimum Gasteiger partial charge on any atom is -0.512 e. The van der Waals surface area contributed by atoms with Crippen molar-refractivity contribution in [1.82, 2.24) is 0 Å². The van der Waals surface area contributed by atoms with Crippen LogP contribution in [0.25, 0.3) is 0 Å². The van der Waals surface area contributed by atoms with Crippen molar-refractivity contribution in [3.05, 3.63) is 158 Å². The van der Waals surface area contributed by atoms with Crippen LogP contribution < -0.4 is 0 Å². The summed E-state index contributed by atoms with van der Waals surface area (Å²) in [5.74, 6) is 0. The minimum absolute atomic E-state index is 0. The first-order valence-electron chi connectivity index (χ1n) is 5.37. The molecule has 0 rings (SSSR count). The third kappa shape index (κ3) is 1250. The normalized spacial score (nSPS) is 0.873. The number of nitrogens with zero attached hydrogens (tertiary/aromatic N) is 24. The molecule has 0 atom stereocenters. The maximum Gasteiger partial charge on any atom is 4.00 e. The first-order chi connectivity index (χ1) is 24.0. The standard InChI is InChI=1S/24CN.4Co.3Ru/c24*1-2;;;;;;;/q24*-1;4*+3;3*+4. The Kier molecular flexibility index (Phi) is 9430. The van der Waals surface area contributed by atoms with E-state index in [1.165, 1.54) is 0 Å². The third-order valence-electron chi connectivity index (χ3n) is 0. The van der Waals surface area contributed by atoms with E-state index >= 15 is 0 Å². The zero-order chi connectivity index (χ0) is 48.0. The summed E-state index contributed by atoms with van der Waals surface area (Å²) >= 11 is 0. The van der Waals surface area contributed by atoms with Crippen LogP contribution in [-0.4, -0.2) is 0 Å². The molecule has 0 aromatic carbocycles. The summed E-state index contributed by atoms with van der Waals surface area (Å²) in [7, 11) is 0. The van der Waals surface area contributed by atoms with Gasteiger partial charge in [0.05, 0.1) is 0 Å². The smallest absolute Gasteiger partial charge is 0.512 e. The molecule has 0 fully saturated rings. The molecular weight excluding hydrogens is 1160 g/mol. The zero-order valence-electron chi connectivity index (χ0n) is 25.1. The van der Waals surface area contributed by atoms with Crippen LogP contribution in [0.15, 0.2) is 0 Å². The van der Waals surface area contributed by atoms with Crippen LogP contribution in [0.2, 0.25) is 0 Å². The molecule has 0 N–H and O–H groups in total. The van der Waals surface area contributed by atoms with E-state index in [1.54, 1.807) is 0 Å². The molecule has 0 radical (unpaired) electrons. The number of hydrogen-bond acceptors (Lipinski definition) is 24. The van der Waals surface area contributed by atoms with Gasteiger partial charge in [0.1, 0.15) is 0 Å². The molecule has 0 spiro atoms. The van der Waals surface area contributed by atoms with Crippen LogP contribution in [0.1, 0.15) is 0 Å². The van der Waals surface area contributed by atoms with Crippen molar-refractivity contribution in [2.75, 3.05) is 0 Å². The Labute approximate surface area is 406 Å². The van der Waals surface area contributed by atoms with Crippen LogP contribution in [0.4, 0.5) is 0 Å². The van der Waals surface area contributed by atoms with Gasteiger partial charge in [0, 0.05) is 0 Å². The van der Waals surface area contributed by atoms with Gasteiger partial charge in [-0.15, -0.1) is 0 Å². The molecule has 24 nitrogen and oxygen atoms in total. The number of hydrogen-bond donors (Lipinski definition) is 0. The summed E-state index contributed by atoms with van der Waals surface area (Å²) in [5.41, 5.74) is 0. The molecule has 0 amide bonds. The Morgan fingerprint density at radius 3 is 0.0909 bits per heavy atom. The summed E-state index contributed by atoms with van der Waals surface area (Å²) in [6.45, 7) is 114. The molecular formula is C24Co4N24Ru3. The van der Waals surface area contributed by atoms with E-state index < -0.39 is 0 Å². The monoisotopic (exact) mass is 1170 g/mol. The summed E-state index contributed by atoms with van der Waals surface area (Å²) in [6.07, 6.45) is 0. The van der Waals surface area contributed by atoms with Crippen molar-refractivity contribution in [3.63, 3.8) is 0 Å². The van der Waals surface area contributed by atoms with Gasteiger partial charge < -0.3 is 284 Å². The van der Waals surface area contributed by atoms with Crippen molar-refractivity contribution in [2.24, 2.45) is 0 Å². The van der Waals surface area contributed by atoms with E-state index in [9.17, 15) is 0 Å². The van der Waals surface area contributed by atoms with Gasteiger partial charge in [-0.25, -0.2) is 0 Å². The van der Waals surface area contributed by atoms with Crippen LogP contribution in [-0.2, 0) is 126 Å². The van der Waals surface area contributed by atoms with Crippen molar-refractivity contribution in [1.29, 1.82) is 126 Å². The van der Waals surface area contributed by atoms with Crippen molar-refractivity contribution >= 4 is 0 Å². The second-order valence-electron chi connectivity index (χ2n) is 0. The molecule has 0 heterocycles. The van der Waals surface area contributed by atoms with Gasteiger partial charge in [0.2, 0.25) is 0 Å². The van der Waals surface area contributed by atoms with Gasteiger partial charge in [0.25, 0.3) is 0 Å². The van der Waals surface area contributed by atoms with Gasteiger partial charge >= 0.3 is 126 Å². The molecule has 0 aromatic rings. The molecule has 0 aliphatic carbocycles. The molecule has 276 valence electrons. The Morgan fingerprint density at radius 2 is 0.0909 bits per heavy atom. The van der Waals surface area contributed by atoms with Gasteiger partial charge in [-0.3, -0.25) is 0 Å². The van der Waals surface area contributed by atoms with E-state index in [4.69, 9.17) is 284 Å².